The van der Waals surface area contributed by atoms with Crippen LogP contribution >= 0.6 is 0 Å². The van der Waals surface area contributed by atoms with E-state index in [2.05, 4.69) is 13.8 Å². The lowest BCUT2D eigenvalue weighted by molar-refractivity contribution is -0.179. The summed E-state index contributed by atoms with van der Waals surface area (Å²) in [6.07, 6.45) is 7.95. The Morgan fingerprint density at radius 3 is 1.68 bits per heavy atom. The van der Waals surface area contributed by atoms with Gasteiger partial charge in [-0.25, -0.2) is 4.79 Å². The fraction of sp³-hybridized carbons (Fsp3) is 0.938. The maximum atomic E-state index is 11.8. The minimum Gasteiger partial charge on any atom is -0.479 e. The predicted molar refractivity (Wildman–Crippen MR) is 74.8 cm³/mol. The van der Waals surface area contributed by atoms with Gasteiger partial charge in [0.05, 0.1) is 0 Å². The van der Waals surface area contributed by atoms with Crippen molar-refractivity contribution in [1.29, 1.82) is 0 Å². The summed E-state index contributed by atoms with van der Waals surface area (Å²) in [5, 5.41) is 20.6. The van der Waals surface area contributed by atoms with Crippen LogP contribution in [-0.4, -0.2) is 21.8 Å². The van der Waals surface area contributed by atoms with E-state index in [4.69, 9.17) is 0 Å². The number of hydrogen-bond donors (Lipinski definition) is 2. The highest BCUT2D eigenvalue weighted by Gasteiger charge is 2.51. The van der Waals surface area contributed by atoms with Gasteiger partial charge in [-0.2, -0.15) is 0 Å². The van der Waals surface area contributed by atoms with E-state index in [0.717, 1.165) is 38.5 Å². The van der Waals surface area contributed by atoms with Crippen LogP contribution in [-0.2, 0) is 4.79 Å². The molecule has 19 heavy (non-hydrogen) atoms. The van der Waals surface area contributed by atoms with Gasteiger partial charge in [0.1, 0.15) is 0 Å². The summed E-state index contributed by atoms with van der Waals surface area (Å²) in [4.78, 5) is 11.8. The summed E-state index contributed by atoms with van der Waals surface area (Å²) >= 11 is 0. The minimum absolute atomic E-state index is 0.0518. The van der Waals surface area contributed by atoms with Crippen molar-refractivity contribution in [3.63, 3.8) is 0 Å². The summed E-state index contributed by atoms with van der Waals surface area (Å²) < 4.78 is 0. The van der Waals surface area contributed by atoms with E-state index in [9.17, 15) is 15.0 Å². The fourth-order valence-corrected chi connectivity index (χ4v) is 4.35. The van der Waals surface area contributed by atoms with Crippen molar-refractivity contribution >= 4 is 5.97 Å². The second-order valence-electron chi connectivity index (χ2n) is 7.07. The highest BCUT2D eigenvalue weighted by atomic mass is 16.4. The average Bonchev–Trinajstić information content (AvgIpc) is 2.37. The van der Waals surface area contributed by atoms with Gasteiger partial charge in [-0.3, -0.25) is 0 Å². The molecule has 0 heterocycles. The Morgan fingerprint density at radius 1 is 0.947 bits per heavy atom. The Bertz CT molecular complexity index is 304. The molecule has 1 unspecified atom stereocenters. The Labute approximate surface area is 116 Å². The summed E-state index contributed by atoms with van der Waals surface area (Å²) in [6, 6.07) is 0. The highest BCUT2D eigenvalue weighted by molar-refractivity contribution is 5.78. The summed E-state index contributed by atoms with van der Waals surface area (Å²) in [5.74, 6) is 0.00933. The van der Waals surface area contributed by atoms with E-state index in [1.165, 1.54) is 12.8 Å². The molecular weight excluding hydrogens is 240 g/mol. The Balaban J connectivity index is 2.18. The maximum absolute atomic E-state index is 11.8. The number of carbonyl (C=O) groups is 1. The van der Waals surface area contributed by atoms with E-state index in [0.29, 0.717) is 11.8 Å². The normalized spacial score (nSPS) is 39.5. The van der Waals surface area contributed by atoms with Crippen molar-refractivity contribution in [3.05, 3.63) is 0 Å². The van der Waals surface area contributed by atoms with Crippen molar-refractivity contribution in [2.24, 2.45) is 23.7 Å². The van der Waals surface area contributed by atoms with E-state index in [-0.39, 0.29) is 11.8 Å². The van der Waals surface area contributed by atoms with Gasteiger partial charge in [-0.05, 0) is 49.4 Å². The molecule has 0 aromatic rings. The first-order valence-electron chi connectivity index (χ1n) is 7.90. The van der Waals surface area contributed by atoms with E-state index < -0.39 is 11.6 Å². The zero-order valence-electron chi connectivity index (χ0n) is 12.3. The highest BCUT2D eigenvalue weighted by Crippen LogP contribution is 2.45. The second-order valence-corrected chi connectivity index (χ2v) is 7.07. The number of aliphatic carboxylic acids is 1. The topological polar surface area (TPSA) is 57.5 Å². The van der Waals surface area contributed by atoms with Crippen molar-refractivity contribution in [2.45, 2.75) is 70.8 Å². The van der Waals surface area contributed by atoms with Crippen LogP contribution in [0.4, 0.5) is 0 Å². The third-order valence-corrected chi connectivity index (χ3v) is 5.46. The van der Waals surface area contributed by atoms with Gasteiger partial charge < -0.3 is 10.2 Å². The Hall–Kier alpha value is -0.570. The number of rotatable bonds is 3. The van der Waals surface area contributed by atoms with Crippen LogP contribution in [0.1, 0.15) is 65.2 Å². The molecule has 2 N–H and O–H groups in total. The van der Waals surface area contributed by atoms with Crippen LogP contribution < -0.4 is 0 Å². The lowest BCUT2D eigenvalue weighted by Crippen LogP contribution is -2.54. The fourth-order valence-electron chi connectivity index (χ4n) is 4.35. The molecule has 2 aliphatic carbocycles. The van der Waals surface area contributed by atoms with E-state index in [1.54, 1.807) is 0 Å². The summed E-state index contributed by atoms with van der Waals surface area (Å²) in [6.45, 7) is 4.36. The number of carboxylic acids is 1. The van der Waals surface area contributed by atoms with Crippen molar-refractivity contribution in [1.82, 2.24) is 0 Å². The van der Waals surface area contributed by atoms with E-state index >= 15 is 0 Å². The zero-order valence-corrected chi connectivity index (χ0v) is 12.3. The van der Waals surface area contributed by atoms with Gasteiger partial charge in [-0.15, -0.1) is 0 Å². The lowest BCUT2D eigenvalue weighted by atomic mass is 9.63. The quantitative estimate of drug-likeness (QED) is 0.824. The Morgan fingerprint density at radius 2 is 1.37 bits per heavy atom. The molecule has 0 radical (unpaired) electrons. The molecule has 0 amide bonds. The lowest BCUT2D eigenvalue weighted by Gasteiger charge is -2.44. The van der Waals surface area contributed by atoms with Crippen LogP contribution in [0, 0.1) is 23.7 Å². The van der Waals surface area contributed by atoms with Crippen molar-refractivity contribution < 1.29 is 15.0 Å². The second kappa shape index (κ2) is 5.82. The summed E-state index contributed by atoms with van der Waals surface area (Å²) in [5.41, 5.74) is -1.48. The zero-order chi connectivity index (χ0) is 14.0. The van der Waals surface area contributed by atoms with Crippen LogP contribution in [0.5, 0.6) is 0 Å². The van der Waals surface area contributed by atoms with Crippen LogP contribution in [0.2, 0.25) is 0 Å². The monoisotopic (exact) mass is 268 g/mol. The van der Waals surface area contributed by atoms with Crippen LogP contribution in [0.3, 0.4) is 0 Å². The molecule has 0 saturated heterocycles. The van der Waals surface area contributed by atoms with E-state index in [1.807, 2.05) is 0 Å². The maximum Gasteiger partial charge on any atom is 0.336 e. The molecule has 2 aliphatic rings. The molecular formula is C16H28O3. The standard InChI is InChI=1S/C16H28O3/c1-11-5-3-7-13(9-11)16(19,15(17)18)14-8-4-6-12(2)10-14/h11-14,19H,3-10H2,1-2H3,(H,17,18)/t11-,12+,13+,14-,16?. The van der Waals surface area contributed by atoms with Crippen LogP contribution in [0.15, 0.2) is 0 Å². The first-order valence-corrected chi connectivity index (χ1v) is 7.90. The van der Waals surface area contributed by atoms with Gasteiger partial charge in [-0.1, -0.05) is 39.5 Å². The molecule has 2 fully saturated rings. The van der Waals surface area contributed by atoms with Crippen molar-refractivity contribution in [2.75, 3.05) is 0 Å². The molecule has 3 heteroatoms. The summed E-state index contributed by atoms with van der Waals surface area (Å²) in [7, 11) is 0. The average molecular weight is 268 g/mol. The van der Waals surface area contributed by atoms with Gasteiger partial charge in [0.2, 0.25) is 0 Å². The molecule has 0 bridgehead atoms. The molecule has 0 aliphatic heterocycles. The third kappa shape index (κ3) is 2.96. The SMILES string of the molecule is C[C@@H]1CCC[C@H](C(O)(C(=O)O)[C@@H]2CCC[C@H](C)C2)C1. The first kappa shape index (κ1) is 14.8. The number of hydrogen-bond acceptors (Lipinski definition) is 2. The first-order chi connectivity index (χ1) is 8.94. The molecule has 2 rings (SSSR count). The molecule has 110 valence electrons. The number of carboxylic acid groups (broad SMARTS) is 1. The van der Waals surface area contributed by atoms with Gasteiger partial charge in [0.25, 0.3) is 0 Å². The predicted octanol–water partition coefficient (Wildman–Crippen LogP) is 3.45. The molecule has 3 nitrogen and oxygen atoms in total. The van der Waals surface area contributed by atoms with Gasteiger partial charge in [0.15, 0.2) is 5.60 Å². The van der Waals surface area contributed by atoms with Gasteiger partial charge >= 0.3 is 5.97 Å². The molecule has 0 spiro atoms. The smallest absolute Gasteiger partial charge is 0.336 e. The minimum atomic E-state index is -1.48. The van der Waals surface area contributed by atoms with Crippen LogP contribution in [0.25, 0.3) is 0 Å². The van der Waals surface area contributed by atoms with Crippen molar-refractivity contribution in [3.8, 4) is 0 Å². The molecule has 5 atom stereocenters. The molecule has 2 saturated carbocycles. The largest absolute Gasteiger partial charge is 0.479 e. The number of aliphatic hydroxyl groups is 1. The molecule has 0 aromatic heterocycles. The Kier molecular flexibility index (Phi) is 4.54. The van der Waals surface area contributed by atoms with Gasteiger partial charge in [0, 0.05) is 0 Å². The third-order valence-electron chi connectivity index (χ3n) is 5.46. The molecule has 0 aromatic carbocycles.